The minimum atomic E-state index is -0.593. The fourth-order valence-electron chi connectivity index (χ4n) is 2.61. The van der Waals surface area contributed by atoms with Crippen LogP contribution in [-0.2, 0) is 16.2 Å². The van der Waals surface area contributed by atoms with E-state index < -0.39 is 11.8 Å². The van der Waals surface area contributed by atoms with Crippen molar-refractivity contribution in [2.45, 2.75) is 6.61 Å². The van der Waals surface area contributed by atoms with Crippen LogP contribution in [-0.4, -0.2) is 36.0 Å². The Labute approximate surface area is 176 Å². The highest BCUT2D eigenvalue weighted by Gasteiger charge is 2.30. The quantitative estimate of drug-likeness (QED) is 0.444. The van der Waals surface area contributed by atoms with Crippen molar-refractivity contribution < 1.29 is 23.5 Å². The zero-order chi connectivity index (χ0) is 21.1. The van der Waals surface area contributed by atoms with Crippen LogP contribution in [0.3, 0.4) is 0 Å². The molecule has 1 heterocycles. The van der Waals surface area contributed by atoms with Gasteiger partial charge in [-0.05, 0) is 53.7 Å². The van der Waals surface area contributed by atoms with E-state index in [1.54, 1.807) is 24.3 Å². The lowest BCUT2D eigenvalue weighted by atomic mass is 10.1. The van der Waals surface area contributed by atoms with Crippen molar-refractivity contribution in [2.75, 3.05) is 14.2 Å². The molecule has 2 aromatic rings. The monoisotopic (exact) mass is 434 g/mol. The highest BCUT2D eigenvalue weighted by molar-refractivity contribution is 7.80. The maximum atomic E-state index is 13.0. The van der Waals surface area contributed by atoms with Crippen molar-refractivity contribution in [1.29, 1.82) is 0 Å². The molecule has 1 N–H and O–H groups in total. The number of thiocarbonyl (C=S) groups is 1. The van der Waals surface area contributed by atoms with Gasteiger partial charge in [0.25, 0.3) is 11.8 Å². The first kappa shape index (κ1) is 20.8. The lowest BCUT2D eigenvalue weighted by Crippen LogP contribution is -2.52. The average Bonchev–Trinajstić information content (AvgIpc) is 2.69. The Bertz CT molecular complexity index is 1020. The molecule has 150 valence electrons. The zero-order valence-corrected chi connectivity index (χ0v) is 17.1. The second-order valence-electron chi connectivity index (χ2n) is 6.13. The molecule has 1 aliphatic rings. The van der Waals surface area contributed by atoms with Crippen molar-refractivity contribution in [3.8, 4) is 11.5 Å². The van der Waals surface area contributed by atoms with Crippen LogP contribution < -0.4 is 14.8 Å². The number of methoxy groups -OCH3 is 1. The van der Waals surface area contributed by atoms with Crippen molar-refractivity contribution in [2.24, 2.45) is 0 Å². The maximum Gasteiger partial charge on any atom is 0.265 e. The number of likely N-dealkylation sites (N-methyl/N-ethyl adjacent to an activating group) is 1. The predicted octanol–water partition coefficient (Wildman–Crippen LogP) is 3.32. The molecule has 3 rings (SSSR count). The number of amides is 2. The number of halogens is 2. The summed E-state index contributed by atoms with van der Waals surface area (Å²) < 4.78 is 24.1. The first-order valence-corrected chi connectivity index (χ1v) is 9.18. The molecule has 0 aliphatic carbocycles. The van der Waals surface area contributed by atoms with E-state index in [0.717, 1.165) is 5.56 Å². The Hall–Kier alpha value is -2.97. The summed E-state index contributed by atoms with van der Waals surface area (Å²) in [5, 5.41) is 2.71. The van der Waals surface area contributed by atoms with Crippen molar-refractivity contribution in [3.63, 3.8) is 0 Å². The van der Waals surface area contributed by atoms with Crippen molar-refractivity contribution in [3.05, 3.63) is 63.9 Å². The normalized spacial score (nSPS) is 15.5. The third kappa shape index (κ3) is 4.55. The number of carbonyl (C=O) groups is 2. The average molecular weight is 435 g/mol. The molecular weight excluding hydrogens is 419 g/mol. The summed E-state index contributed by atoms with van der Waals surface area (Å²) in [5.74, 6) is -0.845. The fraction of sp³-hybridized carbons (Fsp3) is 0.150. The van der Waals surface area contributed by atoms with Gasteiger partial charge in [0.05, 0.1) is 12.1 Å². The molecule has 0 bridgehead atoms. The lowest BCUT2D eigenvalue weighted by Gasteiger charge is -2.25. The third-order valence-electron chi connectivity index (χ3n) is 4.16. The zero-order valence-electron chi connectivity index (χ0n) is 15.5. The van der Waals surface area contributed by atoms with Crippen molar-refractivity contribution >= 4 is 46.8 Å². The van der Waals surface area contributed by atoms with Crippen LogP contribution >= 0.6 is 23.8 Å². The second kappa shape index (κ2) is 8.59. The summed E-state index contributed by atoms with van der Waals surface area (Å²) >= 11 is 11.3. The van der Waals surface area contributed by atoms with Gasteiger partial charge >= 0.3 is 0 Å². The molecule has 0 atom stereocenters. The Morgan fingerprint density at radius 2 is 1.93 bits per heavy atom. The summed E-state index contributed by atoms with van der Waals surface area (Å²) in [6, 6.07) is 9.01. The van der Waals surface area contributed by atoms with E-state index in [4.69, 9.17) is 33.3 Å². The predicted molar refractivity (Wildman–Crippen MR) is 110 cm³/mol. The minimum absolute atomic E-state index is 0.0392. The number of nitrogens with one attached hydrogen (secondary N) is 1. The lowest BCUT2D eigenvalue weighted by molar-refractivity contribution is -0.128. The molecule has 29 heavy (non-hydrogen) atoms. The molecule has 1 saturated heterocycles. The molecular formula is C20H16ClFN2O4S. The number of hydrogen-bond acceptors (Lipinski definition) is 5. The van der Waals surface area contributed by atoms with Gasteiger partial charge in [0.15, 0.2) is 16.6 Å². The highest BCUT2D eigenvalue weighted by atomic mass is 35.5. The number of benzene rings is 2. The van der Waals surface area contributed by atoms with E-state index in [0.29, 0.717) is 17.1 Å². The summed E-state index contributed by atoms with van der Waals surface area (Å²) in [4.78, 5) is 25.6. The van der Waals surface area contributed by atoms with E-state index in [2.05, 4.69) is 5.32 Å². The Morgan fingerprint density at radius 3 is 2.59 bits per heavy atom. The molecule has 2 aromatic carbocycles. The number of nitrogens with zero attached hydrogens (tertiary/aromatic N) is 1. The van der Waals surface area contributed by atoms with E-state index in [1.165, 1.54) is 37.3 Å². The molecule has 0 radical (unpaired) electrons. The standard InChI is InChI=1S/C20H16ClFN2O4S/c1-24-19(26)14(18(25)23-20(24)29)7-12-8-15(21)17(16(9-12)27-2)28-10-11-3-5-13(22)6-4-11/h3-9H,10H2,1-2H3,(H,23,25,29)/b14-7+. The summed E-state index contributed by atoms with van der Waals surface area (Å²) in [7, 11) is 2.91. The molecule has 2 amide bonds. The van der Waals surface area contributed by atoms with E-state index in [9.17, 15) is 14.0 Å². The third-order valence-corrected chi connectivity index (χ3v) is 4.82. The summed E-state index contributed by atoms with van der Waals surface area (Å²) in [6.45, 7) is 0.153. The van der Waals surface area contributed by atoms with Crippen LogP contribution in [0, 0.1) is 5.82 Å². The van der Waals surface area contributed by atoms with Crippen molar-refractivity contribution in [1.82, 2.24) is 10.2 Å². The molecule has 0 spiro atoms. The van der Waals surface area contributed by atoms with E-state index in [1.807, 2.05) is 0 Å². The molecule has 0 saturated carbocycles. The highest BCUT2D eigenvalue weighted by Crippen LogP contribution is 2.37. The van der Waals surface area contributed by atoms with Gasteiger partial charge in [0.1, 0.15) is 18.0 Å². The van der Waals surface area contributed by atoms with E-state index in [-0.39, 0.29) is 28.1 Å². The number of ether oxygens (including phenoxy) is 2. The number of rotatable bonds is 5. The summed E-state index contributed by atoms with van der Waals surface area (Å²) in [5.41, 5.74) is 1.14. The molecule has 1 fully saturated rings. The largest absolute Gasteiger partial charge is 0.493 e. The van der Waals surface area contributed by atoms with Crippen LogP contribution in [0.1, 0.15) is 11.1 Å². The molecule has 6 nitrogen and oxygen atoms in total. The van der Waals surface area contributed by atoms with Gasteiger partial charge in [0, 0.05) is 7.05 Å². The molecule has 1 aliphatic heterocycles. The van der Waals surface area contributed by atoms with Crippen LogP contribution in [0.5, 0.6) is 11.5 Å². The van der Waals surface area contributed by atoms with E-state index >= 15 is 0 Å². The fourth-order valence-corrected chi connectivity index (χ4v) is 3.06. The van der Waals surface area contributed by atoms with Crippen LogP contribution in [0.25, 0.3) is 6.08 Å². The van der Waals surface area contributed by atoms with Gasteiger partial charge in [0.2, 0.25) is 0 Å². The minimum Gasteiger partial charge on any atom is -0.493 e. The van der Waals surface area contributed by atoms with Crippen LogP contribution in [0.15, 0.2) is 42.0 Å². The number of hydrogen-bond donors (Lipinski definition) is 1. The van der Waals surface area contributed by atoms with Gasteiger partial charge in [-0.2, -0.15) is 0 Å². The summed E-state index contributed by atoms with van der Waals surface area (Å²) in [6.07, 6.45) is 1.40. The van der Waals surface area contributed by atoms with Gasteiger partial charge in [-0.15, -0.1) is 0 Å². The SMILES string of the molecule is COc1cc(/C=C2\C(=O)NC(=S)N(C)C2=O)cc(Cl)c1OCc1ccc(F)cc1. The number of carbonyl (C=O) groups excluding carboxylic acids is 2. The maximum absolute atomic E-state index is 13.0. The van der Waals surface area contributed by atoms with Gasteiger partial charge in [-0.1, -0.05) is 23.7 Å². The first-order chi connectivity index (χ1) is 13.8. The first-order valence-electron chi connectivity index (χ1n) is 8.40. The van der Waals surface area contributed by atoms with Crippen LogP contribution in [0.2, 0.25) is 5.02 Å². The van der Waals surface area contributed by atoms with Gasteiger partial charge in [-0.25, -0.2) is 4.39 Å². The Kier molecular flexibility index (Phi) is 6.14. The second-order valence-corrected chi connectivity index (χ2v) is 6.92. The topological polar surface area (TPSA) is 67.9 Å². The van der Waals surface area contributed by atoms with Crippen LogP contribution in [0.4, 0.5) is 4.39 Å². The smallest absolute Gasteiger partial charge is 0.265 e. The molecule has 9 heteroatoms. The Balaban J connectivity index is 1.88. The van der Waals surface area contributed by atoms with Gasteiger partial charge in [-0.3, -0.25) is 19.8 Å². The molecule has 0 aromatic heterocycles. The Morgan fingerprint density at radius 1 is 1.24 bits per heavy atom. The molecule has 0 unspecified atom stereocenters. The van der Waals surface area contributed by atoms with Gasteiger partial charge < -0.3 is 9.47 Å².